The summed E-state index contributed by atoms with van der Waals surface area (Å²) in [7, 11) is 0. The molecule has 19 heteroatoms. The van der Waals surface area contributed by atoms with Crippen LogP contribution in [0.25, 0.3) is 22.1 Å². The fourth-order valence-corrected chi connectivity index (χ4v) is 6.27. The summed E-state index contributed by atoms with van der Waals surface area (Å²) < 4.78 is 135. The van der Waals surface area contributed by atoms with Crippen LogP contribution in [0, 0.1) is 27.7 Å². The molecule has 6 rings (SSSR count). The van der Waals surface area contributed by atoms with Crippen molar-refractivity contribution in [3.63, 3.8) is 0 Å². The molecule has 0 aliphatic rings. The Morgan fingerprint density at radius 2 is 0.903 bits per heavy atom. The molecule has 62 heavy (non-hydrogen) atoms. The number of hydrogen-bond acceptors (Lipinski definition) is 11. The first kappa shape index (κ1) is 45.0. The third-order valence-electron chi connectivity index (χ3n) is 9.58. The molecule has 0 bridgehead atoms. The molecule has 0 spiro atoms. The summed E-state index contributed by atoms with van der Waals surface area (Å²) in [5, 5.41) is 0. The Hall–Kier alpha value is -6.53. The van der Waals surface area contributed by atoms with Gasteiger partial charge in [0.05, 0.1) is 22.1 Å². The SMILES string of the molecule is CCc1nc2cc(C)c(Oc3ccc(OC(F)(F)C(F)F)cc3)nc2c(COC(=O)OCc2c(C)c(CC)nc3cc(C)c(Oc4ccc(OC(F)(F)C(F)F)cc4)nc23)c1C. The van der Waals surface area contributed by atoms with Crippen molar-refractivity contribution in [1.29, 1.82) is 0 Å². The normalized spacial score (nSPS) is 12.0. The number of hydrogen-bond donors (Lipinski definition) is 0. The monoisotopic (exact) mass is 874 g/mol. The van der Waals surface area contributed by atoms with Crippen LogP contribution in [0.5, 0.6) is 34.8 Å². The minimum Gasteiger partial charge on any atom is -0.439 e. The summed E-state index contributed by atoms with van der Waals surface area (Å²) >= 11 is 0. The summed E-state index contributed by atoms with van der Waals surface area (Å²) in [6.07, 6.45) is -17.3. The largest absolute Gasteiger partial charge is 0.508 e. The number of aryl methyl sites for hydroxylation is 4. The van der Waals surface area contributed by atoms with Crippen molar-refractivity contribution in [3.8, 4) is 34.8 Å². The Morgan fingerprint density at radius 3 is 1.23 bits per heavy atom. The van der Waals surface area contributed by atoms with Crippen LogP contribution in [0.3, 0.4) is 0 Å². The van der Waals surface area contributed by atoms with Gasteiger partial charge in [0, 0.05) is 33.6 Å². The zero-order valence-corrected chi connectivity index (χ0v) is 33.9. The maximum Gasteiger partial charge on any atom is 0.508 e. The number of carbonyl (C=O) groups is 1. The van der Waals surface area contributed by atoms with E-state index >= 15 is 0 Å². The van der Waals surface area contributed by atoms with E-state index in [9.17, 15) is 39.9 Å². The molecule has 4 aromatic heterocycles. The summed E-state index contributed by atoms with van der Waals surface area (Å²) in [6.45, 7) is 10.3. The first-order valence-electron chi connectivity index (χ1n) is 18.9. The predicted octanol–water partition coefficient (Wildman–Crippen LogP) is 11.8. The smallest absolute Gasteiger partial charge is 0.439 e. The Labute approximate surface area is 348 Å². The van der Waals surface area contributed by atoms with Gasteiger partial charge in [0.1, 0.15) is 36.2 Å². The fourth-order valence-electron chi connectivity index (χ4n) is 6.27. The molecular formula is C43H38F8N4O7. The van der Waals surface area contributed by atoms with Crippen molar-refractivity contribution in [2.45, 2.75) is 92.7 Å². The van der Waals surface area contributed by atoms with E-state index in [1.807, 2.05) is 13.8 Å². The molecule has 328 valence electrons. The van der Waals surface area contributed by atoms with Gasteiger partial charge >= 0.3 is 31.2 Å². The Morgan fingerprint density at radius 1 is 0.565 bits per heavy atom. The summed E-state index contributed by atoms with van der Waals surface area (Å²) in [5.74, 6) is -0.514. The third-order valence-corrected chi connectivity index (χ3v) is 9.58. The van der Waals surface area contributed by atoms with Gasteiger partial charge in [-0.1, -0.05) is 13.8 Å². The lowest BCUT2D eigenvalue weighted by atomic mass is 10.0. The first-order chi connectivity index (χ1) is 29.3. The van der Waals surface area contributed by atoms with Crippen molar-refractivity contribution in [1.82, 2.24) is 19.9 Å². The van der Waals surface area contributed by atoms with Gasteiger partial charge in [-0.3, -0.25) is 9.97 Å². The number of nitrogens with zero attached hydrogens (tertiary/aromatic N) is 4. The minimum atomic E-state index is -4.68. The number of aromatic nitrogens is 4. The molecule has 0 aliphatic heterocycles. The number of ether oxygens (including phenoxy) is 6. The third kappa shape index (κ3) is 9.98. The molecule has 0 atom stereocenters. The van der Waals surface area contributed by atoms with Crippen LogP contribution >= 0.6 is 0 Å². The number of rotatable bonds is 16. The van der Waals surface area contributed by atoms with Gasteiger partial charge in [-0.25, -0.2) is 14.8 Å². The summed E-state index contributed by atoms with van der Waals surface area (Å²) in [5.41, 5.74) is 6.59. The van der Waals surface area contributed by atoms with E-state index in [1.165, 1.54) is 24.3 Å². The Bertz CT molecular complexity index is 2420. The van der Waals surface area contributed by atoms with E-state index in [2.05, 4.69) is 19.4 Å². The van der Waals surface area contributed by atoms with Crippen LogP contribution in [0.4, 0.5) is 39.9 Å². The Kier molecular flexibility index (Phi) is 13.2. The van der Waals surface area contributed by atoms with E-state index < -0.39 is 42.7 Å². The molecule has 0 aliphatic carbocycles. The van der Waals surface area contributed by atoms with Crippen LogP contribution in [-0.2, 0) is 35.5 Å². The second-order valence-corrected chi connectivity index (χ2v) is 13.9. The number of carbonyl (C=O) groups excluding carboxylic acids is 1. The van der Waals surface area contributed by atoms with Crippen LogP contribution in [0.1, 0.15) is 58.6 Å². The molecule has 4 heterocycles. The minimum absolute atomic E-state index is 0.108. The first-order valence-corrected chi connectivity index (χ1v) is 18.9. The molecule has 0 saturated carbocycles. The molecule has 11 nitrogen and oxygen atoms in total. The molecule has 0 radical (unpaired) electrons. The summed E-state index contributed by atoms with van der Waals surface area (Å²) in [6, 6.07) is 12.6. The predicted molar refractivity (Wildman–Crippen MR) is 208 cm³/mol. The van der Waals surface area contributed by atoms with Crippen molar-refractivity contribution >= 4 is 28.2 Å². The van der Waals surface area contributed by atoms with Crippen LogP contribution < -0.4 is 18.9 Å². The maximum absolute atomic E-state index is 13.4. The highest BCUT2D eigenvalue weighted by atomic mass is 19.3. The second-order valence-electron chi connectivity index (χ2n) is 13.9. The number of fused-ring (bicyclic) bond motifs is 2. The number of benzene rings is 2. The average molecular weight is 875 g/mol. The highest BCUT2D eigenvalue weighted by Crippen LogP contribution is 2.35. The van der Waals surface area contributed by atoms with Crippen molar-refractivity contribution < 1.29 is 68.3 Å². The zero-order chi connectivity index (χ0) is 45.1. The maximum atomic E-state index is 13.4. The molecule has 0 unspecified atom stereocenters. The van der Waals surface area contributed by atoms with Crippen molar-refractivity contribution in [2.24, 2.45) is 0 Å². The standard InChI is InChI=1S/C43H38F8N4O7/c1-7-31-23(5)29(35-33(52-31)17-21(3)37(54-35)59-25-9-13-27(14-10-25)61-42(48,49)39(44)45)19-57-41(56)58-20-30-24(6)32(8-2)53-34-18-22(4)38(55-36(30)34)60-26-11-15-28(16-12-26)62-43(50,51)40(46)47/h9-18,39-40H,7-8,19-20H2,1-6H3. The molecule has 0 N–H and O–H groups in total. The highest BCUT2D eigenvalue weighted by molar-refractivity contribution is 5.82. The molecule has 0 fully saturated rings. The van der Waals surface area contributed by atoms with E-state index in [-0.39, 0.29) is 36.5 Å². The molecule has 6 aromatic rings. The van der Waals surface area contributed by atoms with E-state index in [0.717, 1.165) is 35.7 Å². The fraction of sp³-hybridized carbons (Fsp3) is 0.326. The molecule has 2 aromatic carbocycles. The van der Waals surface area contributed by atoms with E-state index in [4.69, 9.17) is 28.9 Å². The topological polar surface area (TPSA) is 124 Å². The van der Waals surface area contributed by atoms with E-state index in [0.29, 0.717) is 68.3 Å². The highest BCUT2D eigenvalue weighted by Gasteiger charge is 2.44. The Balaban J connectivity index is 1.21. The lowest BCUT2D eigenvalue weighted by Gasteiger charge is -2.18. The van der Waals surface area contributed by atoms with Crippen LogP contribution in [-0.4, -0.2) is 51.2 Å². The molecule has 0 amide bonds. The number of pyridine rings is 4. The summed E-state index contributed by atoms with van der Waals surface area (Å²) in [4.78, 5) is 32.0. The average Bonchev–Trinajstić information content (AvgIpc) is 3.22. The van der Waals surface area contributed by atoms with Gasteiger partial charge in [0.2, 0.25) is 11.8 Å². The van der Waals surface area contributed by atoms with Gasteiger partial charge in [-0.2, -0.15) is 35.1 Å². The lowest BCUT2D eigenvalue weighted by molar-refractivity contribution is -0.253. The van der Waals surface area contributed by atoms with Crippen molar-refractivity contribution in [3.05, 3.63) is 105 Å². The lowest BCUT2D eigenvalue weighted by Crippen LogP contribution is -2.33. The van der Waals surface area contributed by atoms with Crippen molar-refractivity contribution in [2.75, 3.05) is 0 Å². The number of halogens is 8. The second kappa shape index (κ2) is 18.2. The van der Waals surface area contributed by atoms with Gasteiger partial charge in [-0.15, -0.1) is 0 Å². The van der Waals surface area contributed by atoms with E-state index in [1.54, 1.807) is 39.8 Å². The quantitative estimate of drug-likeness (QED) is 0.0682. The van der Waals surface area contributed by atoms with Crippen LogP contribution in [0.15, 0.2) is 60.7 Å². The molecular weight excluding hydrogens is 836 g/mol. The van der Waals surface area contributed by atoms with Gasteiger partial charge in [-0.05, 0) is 112 Å². The van der Waals surface area contributed by atoms with Gasteiger partial charge in [0.15, 0.2) is 0 Å². The van der Waals surface area contributed by atoms with Gasteiger partial charge in [0.25, 0.3) is 0 Å². The van der Waals surface area contributed by atoms with Crippen LogP contribution in [0.2, 0.25) is 0 Å². The van der Waals surface area contributed by atoms with Gasteiger partial charge < -0.3 is 28.4 Å². The zero-order valence-electron chi connectivity index (χ0n) is 33.9. The number of alkyl halides is 8. The molecule has 0 saturated heterocycles.